The Morgan fingerprint density at radius 2 is 1.00 bits per heavy atom. The van der Waals surface area contributed by atoms with Gasteiger partial charge in [-0.1, -0.05) is 179 Å². The van der Waals surface area contributed by atoms with E-state index in [-0.39, 0.29) is 32.6 Å². The Hall–Kier alpha value is -1.51. The fourth-order valence-electron chi connectivity index (χ4n) is 6.06. The fourth-order valence-corrected chi connectivity index (χ4v) is 6.83. The predicted octanol–water partition coefficient (Wildman–Crippen LogP) is 12.4. The summed E-state index contributed by atoms with van der Waals surface area (Å²) in [7, 11) is -4.37. The number of ether oxygens (including phenoxy) is 2. The highest BCUT2D eigenvalue weighted by molar-refractivity contribution is 7.47. The number of rotatable bonds is 41. The van der Waals surface area contributed by atoms with E-state index in [1.54, 1.807) is 0 Å². The second-order valence-corrected chi connectivity index (χ2v) is 16.0. The van der Waals surface area contributed by atoms with E-state index in [9.17, 15) is 19.0 Å². The number of phosphoric acid groups is 1. The average Bonchev–Trinajstić information content (AvgIpc) is 3.14. The Balaban J connectivity index is 4.13. The van der Waals surface area contributed by atoms with Crippen LogP contribution in [0.5, 0.6) is 0 Å². The maximum atomic E-state index is 12.6. The van der Waals surface area contributed by atoms with Crippen LogP contribution < -0.4 is 5.73 Å². The summed E-state index contributed by atoms with van der Waals surface area (Å²) in [6, 6.07) is 0. The normalized spacial score (nSPS) is 13.5. The quantitative estimate of drug-likeness (QED) is 0.0269. The number of carbonyl (C=O) groups excluding carboxylic acids is 2. The zero-order valence-electron chi connectivity index (χ0n) is 34.3. The minimum Gasteiger partial charge on any atom is -0.462 e. The van der Waals surface area contributed by atoms with Crippen molar-refractivity contribution < 1.29 is 37.6 Å². The average molecular weight is 772 g/mol. The molecule has 312 valence electrons. The number of carbonyl (C=O) groups is 2. The van der Waals surface area contributed by atoms with Crippen LogP contribution in [-0.2, 0) is 32.7 Å². The molecule has 1 unspecified atom stereocenters. The Labute approximate surface area is 325 Å². The van der Waals surface area contributed by atoms with Crippen LogP contribution in [0.15, 0.2) is 24.3 Å². The summed E-state index contributed by atoms with van der Waals surface area (Å²) in [4.78, 5) is 34.8. The van der Waals surface area contributed by atoms with Crippen LogP contribution in [-0.4, -0.2) is 49.3 Å². The van der Waals surface area contributed by atoms with Gasteiger partial charge in [0.25, 0.3) is 0 Å². The first-order valence-corrected chi connectivity index (χ1v) is 23.3. The Morgan fingerprint density at radius 1 is 0.566 bits per heavy atom. The van der Waals surface area contributed by atoms with E-state index in [4.69, 9.17) is 24.3 Å². The first-order valence-electron chi connectivity index (χ1n) is 21.8. The monoisotopic (exact) mass is 772 g/mol. The molecular weight excluding hydrogens is 689 g/mol. The first-order chi connectivity index (χ1) is 25.8. The number of esters is 2. The lowest BCUT2D eigenvalue weighted by atomic mass is 10.0. The summed E-state index contributed by atoms with van der Waals surface area (Å²) in [5.41, 5.74) is 5.34. The van der Waals surface area contributed by atoms with Crippen LogP contribution in [0.4, 0.5) is 0 Å². The van der Waals surface area contributed by atoms with E-state index in [2.05, 4.69) is 38.2 Å². The molecule has 0 saturated carbocycles. The second-order valence-electron chi connectivity index (χ2n) is 14.6. The van der Waals surface area contributed by atoms with Gasteiger partial charge in [0, 0.05) is 19.4 Å². The smallest absolute Gasteiger partial charge is 0.462 e. The van der Waals surface area contributed by atoms with Crippen LogP contribution >= 0.6 is 7.82 Å². The van der Waals surface area contributed by atoms with Gasteiger partial charge in [0.15, 0.2) is 6.10 Å². The standard InChI is InChI=1S/C43H82NO8P/c1-3-5-7-9-11-13-15-17-19-20-21-22-24-26-28-30-32-34-36-43(46)52-41(40-51-53(47,48)50-38-37-44)39-49-42(45)35-33-31-29-27-25-23-18-16-14-12-10-8-6-4-2/h10,12,16,18,41H,3-9,11,13-15,17,19-40,44H2,1-2H3,(H,47,48)/b12-10+,18-16+/t41-/m1/s1. The SMILES string of the molecule is CCCC/C=C/C/C=C/CCCCCCCC(=O)OC[C@H](COP(=O)(O)OCCN)OC(=O)CCCCCCCCCCCCCCCCCCCC. The minimum absolute atomic E-state index is 0.0530. The second kappa shape index (κ2) is 40.2. The number of allylic oxidation sites excluding steroid dienone is 4. The highest BCUT2D eigenvalue weighted by atomic mass is 31.2. The molecular formula is C43H82NO8P. The highest BCUT2D eigenvalue weighted by Gasteiger charge is 2.26. The molecule has 0 rings (SSSR count). The van der Waals surface area contributed by atoms with Crippen LogP contribution in [0.25, 0.3) is 0 Å². The summed E-state index contributed by atoms with van der Waals surface area (Å²) in [6.45, 7) is 3.70. The van der Waals surface area contributed by atoms with Crippen molar-refractivity contribution in [3.05, 3.63) is 24.3 Å². The van der Waals surface area contributed by atoms with E-state index in [0.29, 0.717) is 6.42 Å². The molecule has 0 radical (unpaired) electrons. The Morgan fingerprint density at radius 3 is 1.49 bits per heavy atom. The molecule has 53 heavy (non-hydrogen) atoms. The topological polar surface area (TPSA) is 134 Å². The van der Waals surface area contributed by atoms with Gasteiger partial charge in [-0.15, -0.1) is 0 Å². The number of hydrogen-bond acceptors (Lipinski definition) is 8. The number of hydrogen-bond donors (Lipinski definition) is 2. The van der Waals surface area contributed by atoms with Gasteiger partial charge in [0.05, 0.1) is 13.2 Å². The third-order valence-electron chi connectivity index (χ3n) is 9.34. The zero-order valence-corrected chi connectivity index (χ0v) is 35.2. The van der Waals surface area contributed by atoms with Gasteiger partial charge < -0.3 is 20.1 Å². The van der Waals surface area contributed by atoms with Gasteiger partial charge in [-0.05, 0) is 38.5 Å². The maximum absolute atomic E-state index is 12.6. The lowest BCUT2D eigenvalue weighted by Crippen LogP contribution is -2.29. The van der Waals surface area contributed by atoms with Gasteiger partial charge in [0.2, 0.25) is 0 Å². The lowest BCUT2D eigenvalue weighted by Gasteiger charge is -2.19. The van der Waals surface area contributed by atoms with E-state index in [1.165, 1.54) is 109 Å². The molecule has 0 fully saturated rings. The third-order valence-corrected chi connectivity index (χ3v) is 10.3. The van der Waals surface area contributed by atoms with E-state index < -0.39 is 32.5 Å². The van der Waals surface area contributed by atoms with Gasteiger partial charge in [0.1, 0.15) is 6.61 Å². The summed E-state index contributed by atoms with van der Waals surface area (Å²) >= 11 is 0. The molecule has 0 aromatic carbocycles. The molecule has 9 nitrogen and oxygen atoms in total. The number of nitrogens with two attached hydrogens (primary N) is 1. The van der Waals surface area contributed by atoms with Crippen molar-refractivity contribution in [2.24, 2.45) is 5.73 Å². The maximum Gasteiger partial charge on any atom is 0.472 e. The molecule has 0 aliphatic rings. The molecule has 0 saturated heterocycles. The summed E-state index contributed by atoms with van der Waals surface area (Å²) in [6.07, 6.45) is 42.0. The third kappa shape index (κ3) is 40.0. The molecule has 0 amide bonds. The molecule has 0 heterocycles. The molecule has 10 heteroatoms. The van der Waals surface area contributed by atoms with Gasteiger partial charge in [-0.2, -0.15) is 0 Å². The summed E-state index contributed by atoms with van der Waals surface area (Å²) in [5, 5.41) is 0. The Kier molecular flexibility index (Phi) is 39.0. The van der Waals surface area contributed by atoms with Crippen LogP contribution in [0.1, 0.15) is 206 Å². The summed E-state index contributed by atoms with van der Waals surface area (Å²) < 4.78 is 32.8. The molecule has 0 aliphatic carbocycles. The molecule has 2 atom stereocenters. The van der Waals surface area contributed by atoms with Crippen molar-refractivity contribution >= 4 is 19.8 Å². The fraction of sp³-hybridized carbons (Fsp3) is 0.860. The van der Waals surface area contributed by atoms with Gasteiger partial charge in [-0.3, -0.25) is 18.6 Å². The van der Waals surface area contributed by atoms with E-state index in [1.807, 2.05) is 0 Å². The summed E-state index contributed by atoms with van der Waals surface area (Å²) in [5.74, 6) is -0.837. The van der Waals surface area contributed by atoms with Crippen molar-refractivity contribution in [3.8, 4) is 0 Å². The van der Waals surface area contributed by atoms with Gasteiger partial charge in [-0.25, -0.2) is 4.57 Å². The van der Waals surface area contributed by atoms with Crippen molar-refractivity contribution in [2.75, 3.05) is 26.4 Å². The van der Waals surface area contributed by atoms with Crippen LogP contribution in [0.2, 0.25) is 0 Å². The highest BCUT2D eigenvalue weighted by Crippen LogP contribution is 2.43. The first kappa shape index (κ1) is 51.5. The Bertz CT molecular complexity index is 928. The van der Waals surface area contributed by atoms with Crippen molar-refractivity contribution in [2.45, 2.75) is 213 Å². The molecule has 0 bridgehead atoms. The molecule has 3 N–H and O–H groups in total. The van der Waals surface area contributed by atoms with Crippen LogP contribution in [0.3, 0.4) is 0 Å². The molecule has 0 aromatic heterocycles. The van der Waals surface area contributed by atoms with Crippen LogP contribution in [0, 0.1) is 0 Å². The molecule has 0 aliphatic heterocycles. The minimum atomic E-state index is -4.37. The van der Waals surface area contributed by atoms with Crippen molar-refractivity contribution in [1.29, 1.82) is 0 Å². The van der Waals surface area contributed by atoms with Crippen molar-refractivity contribution in [1.82, 2.24) is 0 Å². The number of phosphoric ester groups is 1. The van der Waals surface area contributed by atoms with Gasteiger partial charge >= 0.3 is 19.8 Å². The lowest BCUT2D eigenvalue weighted by molar-refractivity contribution is -0.161. The van der Waals surface area contributed by atoms with E-state index >= 15 is 0 Å². The largest absolute Gasteiger partial charge is 0.472 e. The predicted molar refractivity (Wildman–Crippen MR) is 220 cm³/mol. The zero-order chi connectivity index (χ0) is 38.9. The molecule has 0 spiro atoms. The molecule has 0 aromatic rings. The van der Waals surface area contributed by atoms with Crippen molar-refractivity contribution in [3.63, 3.8) is 0 Å². The number of unbranched alkanes of at least 4 members (excludes halogenated alkanes) is 24. The van der Waals surface area contributed by atoms with E-state index in [0.717, 1.165) is 64.2 Å².